The predicted octanol–water partition coefficient (Wildman–Crippen LogP) is 3.26. The lowest BCUT2D eigenvalue weighted by Gasteiger charge is -2.21. The number of esters is 1. The highest BCUT2D eigenvalue weighted by atomic mass is 16.5. The summed E-state index contributed by atoms with van der Waals surface area (Å²) in [5, 5.41) is 4.77. The van der Waals surface area contributed by atoms with Gasteiger partial charge in [-0.3, -0.25) is 10.1 Å². The summed E-state index contributed by atoms with van der Waals surface area (Å²) in [5.41, 5.74) is 2.95. The molecule has 2 aromatic rings. The number of benzene rings is 1. The number of carbonyl (C=O) groups excluding carboxylic acids is 3. The summed E-state index contributed by atoms with van der Waals surface area (Å²) in [6.45, 7) is 10.8. The van der Waals surface area contributed by atoms with Crippen molar-refractivity contribution in [1.29, 1.82) is 0 Å². The molecule has 1 heterocycles. The number of hydrogen-bond donors (Lipinski definition) is 2. The Morgan fingerprint density at radius 3 is 2.00 bits per heavy atom. The van der Waals surface area contributed by atoms with Crippen LogP contribution in [0.15, 0.2) is 36.4 Å². The van der Waals surface area contributed by atoms with Crippen LogP contribution in [0.25, 0.3) is 5.69 Å². The molecule has 0 fully saturated rings. The molecule has 0 aliphatic heterocycles. The largest absolute Gasteiger partial charge is 0.449 e. The van der Waals surface area contributed by atoms with Crippen LogP contribution in [0.4, 0.5) is 4.79 Å². The van der Waals surface area contributed by atoms with E-state index in [1.165, 1.54) is 6.92 Å². The van der Waals surface area contributed by atoms with Gasteiger partial charge in [0.05, 0.1) is 5.56 Å². The number of imide groups is 1. The molecular weight excluding hydrogens is 358 g/mol. The van der Waals surface area contributed by atoms with Crippen molar-refractivity contribution in [3.8, 4) is 5.69 Å². The van der Waals surface area contributed by atoms with Crippen LogP contribution >= 0.6 is 0 Å². The second-order valence-corrected chi connectivity index (χ2v) is 7.74. The first-order valence-corrected chi connectivity index (χ1v) is 9.07. The van der Waals surface area contributed by atoms with Crippen molar-refractivity contribution in [2.45, 2.75) is 53.2 Å². The van der Waals surface area contributed by atoms with Gasteiger partial charge in [-0.25, -0.2) is 9.59 Å². The minimum Gasteiger partial charge on any atom is -0.449 e. The highest BCUT2D eigenvalue weighted by molar-refractivity contribution is 5.98. The van der Waals surface area contributed by atoms with Gasteiger partial charge in [-0.05, 0) is 77.9 Å². The fourth-order valence-corrected chi connectivity index (χ4v) is 2.69. The monoisotopic (exact) mass is 385 g/mol. The first kappa shape index (κ1) is 21.2. The van der Waals surface area contributed by atoms with Gasteiger partial charge in [-0.15, -0.1) is 0 Å². The van der Waals surface area contributed by atoms with Gasteiger partial charge in [-0.1, -0.05) is 0 Å². The zero-order chi connectivity index (χ0) is 21.1. The van der Waals surface area contributed by atoms with Crippen LogP contribution in [-0.4, -0.2) is 34.1 Å². The van der Waals surface area contributed by atoms with E-state index in [4.69, 9.17) is 4.74 Å². The predicted molar refractivity (Wildman–Crippen MR) is 107 cm³/mol. The van der Waals surface area contributed by atoms with Crippen LogP contribution in [0.1, 0.15) is 49.4 Å². The summed E-state index contributed by atoms with van der Waals surface area (Å²) in [5.74, 6) is -1.32. The summed E-state index contributed by atoms with van der Waals surface area (Å²) in [4.78, 5) is 36.1. The van der Waals surface area contributed by atoms with Crippen molar-refractivity contribution in [3.63, 3.8) is 0 Å². The molecule has 150 valence electrons. The number of urea groups is 1. The van der Waals surface area contributed by atoms with E-state index in [0.29, 0.717) is 5.56 Å². The molecule has 0 saturated carbocycles. The van der Waals surface area contributed by atoms with Crippen molar-refractivity contribution < 1.29 is 19.1 Å². The van der Waals surface area contributed by atoms with E-state index >= 15 is 0 Å². The number of carbonyl (C=O) groups is 3. The van der Waals surface area contributed by atoms with Crippen LogP contribution in [0.3, 0.4) is 0 Å². The van der Waals surface area contributed by atoms with Crippen molar-refractivity contribution >= 4 is 17.9 Å². The number of amides is 3. The SMILES string of the molecule is Cc1ccc(C)n1-c1ccc(C(=O)O[C@@H](C)C(=O)NC(=O)NC(C)(C)C)cc1. The Labute approximate surface area is 165 Å². The van der Waals surface area contributed by atoms with Crippen LogP contribution in [0.2, 0.25) is 0 Å². The van der Waals surface area contributed by atoms with Gasteiger partial charge in [0.2, 0.25) is 0 Å². The van der Waals surface area contributed by atoms with Gasteiger partial charge >= 0.3 is 12.0 Å². The molecule has 0 saturated heterocycles. The number of nitrogens with one attached hydrogen (secondary N) is 2. The zero-order valence-corrected chi connectivity index (χ0v) is 17.1. The van der Waals surface area contributed by atoms with Crippen LogP contribution < -0.4 is 10.6 Å². The first-order valence-electron chi connectivity index (χ1n) is 9.07. The van der Waals surface area contributed by atoms with Crippen molar-refractivity contribution in [2.75, 3.05) is 0 Å². The maximum atomic E-state index is 12.3. The molecule has 28 heavy (non-hydrogen) atoms. The lowest BCUT2D eigenvalue weighted by Crippen LogP contribution is -2.50. The van der Waals surface area contributed by atoms with E-state index in [9.17, 15) is 14.4 Å². The second-order valence-electron chi connectivity index (χ2n) is 7.74. The standard InChI is InChI=1S/C21H27N3O4/c1-13-7-8-14(2)24(13)17-11-9-16(10-12-17)19(26)28-15(3)18(25)22-20(27)23-21(4,5)6/h7-12,15H,1-6H3,(H2,22,23,25,27)/t15-/m0/s1. The normalized spacial score (nSPS) is 12.2. The summed E-state index contributed by atoms with van der Waals surface area (Å²) < 4.78 is 7.24. The fraction of sp³-hybridized carbons (Fsp3) is 0.381. The molecule has 0 unspecified atom stereocenters. The van der Waals surface area contributed by atoms with Gasteiger partial charge in [0, 0.05) is 22.6 Å². The van der Waals surface area contributed by atoms with Gasteiger partial charge in [0.15, 0.2) is 6.10 Å². The summed E-state index contributed by atoms with van der Waals surface area (Å²) in [6, 6.07) is 10.3. The maximum Gasteiger partial charge on any atom is 0.338 e. The molecular formula is C21H27N3O4. The van der Waals surface area contributed by atoms with E-state index in [0.717, 1.165) is 17.1 Å². The molecule has 2 rings (SSSR count). The lowest BCUT2D eigenvalue weighted by atomic mass is 10.1. The van der Waals surface area contributed by atoms with Crippen molar-refractivity contribution in [1.82, 2.24) is 15.2 Å². The molecule has 0 aliphatic rings. The molecule has 3 amide bonds. The number of aryl methyl sites for hydroxylation is 2. The van der Waals surface area contributed by atoms with E-state index in [1.807, 2.05) is 38.1 Å². The van der Waals surface area contributed by atoms with Crippen LogP contribution in [0.5, 0.6) is 0 Å². The zero-order valence-electron chi connectivity index (χ0n) is 17.1. The molecule has 2 N–H and O–H groups in total. The highest BCUT2D eigenvalue weighted by Crippen LogP contribution is 2.17. The van der Waals surface area contributed by atoms with E-state index in [2.05, 4.69) is 15.2 Å². The number of hydrogen-bond acceptors (Lipinski definition) is 4. The van der Waals surface area contributed by atoms with Gasteiger partial charge < -0.3 is 14.6 Å². The minimum atomic E-state index is -1.10. The third-order valence-electron chi connectivity index (χ3n) is 4.01. The van der Waals surface area contributed by atoms with Crippen molar-refractivity contribution in [3.05, 3.63) is 53.3 Å². The molecule has 7 nitrogen and oxygen atoms in total. The Morgan fingerprint density at radius 2 is 1.50 bits per heavy atom. The molecule has 1 aromatic carbocycles. The molecule has 1 aromatic heterocycles. The third-order valence-corrected chi connectivity index (χ3v) is 4.01. The second kappa shape index (κ2) is 8.29. The molecule has 7 heteroatoms. The number of nitrogens with zero attached hydrogens (tertiary/aromatic N) is 1. The number of ether oxygens (including phenoxy) is 1. The number of rotatable bonds is 4. The Bertz CT molecular complexity index is 857. The molecule has 0 aliphatic carbocycles. The van der Waals surface area contributed by atoms with Crippen LogP contribution in [-0.2, 0) is 9.53 Å². The van der Waals surface area contributed by atoms with E-state index in [1.54, 1.807) is 32.9 Å². The maximum absolute atomic E-state index is 12.3. The Morgan fingerprint density at radius 1 is 0.964 bits per heavy atom. The lowest BCUT2D eigenvalue weighted by molar-refractivity contribution is -0.127. The number of aromatic nitrogens is 1. The molecule has 0 radical (unpaired) electrons. The topological polar surface area (TPSA) is 89.4 Å². The van der Waals surface area contributed by atoms with Crippen LogP contribution in [0, 0.1) is 13.8 Å². The average Bonchev–Trinajstić information content (AvgIpc) is 2.91. The van der Waals surface area contributed by atoms with Gasteiger partial charge in [-0.2, -0.15) is 0 Å². The van der Waals surface area contributed by atoms with Gasteiger partial charge in [0.25, 0.3) is 5.91 Å². The highest BCUT2D eigenvalue weighted by Gasteiger charge is 2.22. The summed E-state index contributed by atoms with van der Waals surface area (Å²) >= 11 is 0. The summed E-state index contributed by atoms with van der Waals surface area (Å²) in [6.07, 6.45) is -1.10. The Hall–Kier alpha value is -3.09. The van der Waals surface area contributed by atoms with Crippen molar-refractivity contribution in [2.24, 2.45) is 0 Å². The molecule has 0 bridgehead atoms. The summed E-state index contributed by atoms with van der Waals surface area (Å²) in [7, 11) is 0. The molecule has 0 spiro atoms. The average molecular weight is 385 g/mol. The Kier molecular flexibility index (Phi) is 6.28. The quantitative estimate of drug-likeness (QED) is 0.791. The van der Waals surface area contributed by atoms with Gasteiger partial charge in [0.1, 0.15) is 0 Å². The fourth-order valence-electron chi connectivity index (χ4n) is 2.69. The minimum absolute atomic E-state index is 0.324. The molecule has 1 atom stereocenters. The van der Waals surface area contributed by atoms with E-state index < -0.39 is 29.6 Å². The smallest absolute Gasteiger partial charge is 0.338 e. The van der Waals surface area contributed by atoms with E-state index in [-0.39, 0.29) is 0 Å². The first-order chi connectivity index (χ1) is 13.0. The third kappa shape index (κ3) is 5.45. The Balaban J connectivity index is 1.98.